The number of nitrogens with zero attached hydrogens (tertiary/aromatic N) is 3. The molecule has 0 saturated heterocycles. The summed E-state index contributed by atoms with van der Waals surface area (Å²) in [4.78, 5) is 22.1. The van der Waals surface area contributed by atoms with Crippen molar-refractivity contribution in [2.24, 2.45) is 15.7 Å². The molecule has 2 rings (SSSR count). The largest absolute Gasteiger partial charge is 0.370 e. The number of rotatable bonds is 10. The number of hydrogen-bond donors (Lipinski definition) is 2. The quantitative estimate of drug-likeness (QED) is 0.427. The Kier molecular flexibility index (Phi) is 7.09. The Bertz CT molecular complexity index is 548. The van der Waals surface area contributed by atoms with E-state index >= 15 is 0 Å². The van der Waals surface area contributed by atoms with Crippen molar-refractivity contribution < 1.29 is 18.4 Å². The molecule has 24 heavy (non-hydrogen) atoms. The van der Waals surface area contributed by atoms with Crippen molar-refractivity contribution in [3.8, 4) is 0 Å². The molecule has 136 valence electrons. The SMILES string of the molecule is CCOP(=O)(CSCCCN1C=NC2C(=O)NC(N)=NC21)OCC. The summed E-state index contributed by atoms with van der Waals surface area (Å²) in [5, 5.41) is 2.47. The van der Waals surface area contributed by atoms with Crippen LogP contribution in [-0.4, -0.2) is 66.3 Å². The second-order valence-corrected chi connectivity index (χ2v) is 8.79. The van der Waals surface area contributed by atoms with Crippen molar-refractivity contribution in [3.63, 3.8) is 0 Å². The van der Waals surface area contributed by atoms with Crippen LogP contribution >= 0.6 is 19.4 Å². The minimum atomic E-state index is -2.99. The fourth-order valence-corrected chi connectivity index (χ4v) is 5.63. The smallest absolute Gasteiger partial charge is 0.340 e. The first-order valence-electron chi connectivity index (χ1n) is 7.88. The highest BCUT2D eigenvalue weighted by Gasteiger charge is 2.38. The van der Waals surface area contributed by atoms with Gasteiger partial charge in [-0.1, -0.05) is 0 Å². The maximum atomic E-state index is 12.3. The van der Waals surface area contributed by atoms with Crippen LogP contribution in [0.15, 0.2) is 9.98 Å². The molecule has 0 aromatic heterocycles. The third kappa shape index (κ3) is 4.95. The number of aliphatic imine (C=N–C) groups is 2. The van der Waals surface area contributed by atoms with E-state index in [0.29, 0.717) is 25.3 Å². The first-order chi connectivity index (χ1) is 11.5. The van der Waals surface area contributed by atoms with E-state index in [1.165, 1.54) is 11.8 Å². The Balaban J connectivity index is 1.73. The van der Waals surface area contributed by atoms with Crippen LogP contribution in [0.5, 0.6) is 0 Å². The summed E-state index contributed by atoms with van der Waals surface area (Å²) < 4.78 is 22.8. The van der Waals surface area contributed by atoms with E-state index in [0.717, 1.165) is 12.2 Å². The van der Waals surface area contributed by atoms with Gasteiger partial charge in [0.15, 0.2) is 18.2 Å². The van der Waals surface area contributed by atoms with Crippen molar-refractivity contribution in [2.75, 3.05) is 31.0 Å². The summed E-state index contributed by atoms with van der Waals surface area (Å²) in [6.07, 6.45) is 2.11. The third-order valence-electron chi connectivity index (χ3n) is 3.40. The minimum Gasteiger partial charge on any atom is -0.370 e. The van der Waals surface area contributed by atoms with Gasteiger partial charge < -0.3 is 19.7 Å². The molecule has 0 radical (unpaired) electrons. The number of guanidine groups is 1. The number of amides is 1. The van der Waals surface area contributed by atoms with Crippen molar-refractivity contribution >= 4 is 37.6 Å². The Labute approximate surface area is 146 Å². The van der Waals surface area contributed by atoms with Gasteiger partial charge in [-0.25, -0.2) is 4.99 Å². The molecule has 3 N–H and O–H groups in total. The van der Waals surface area contributed by atoms with Gasteiger partial charge >= 0.3 is 7.60 Å². The van der Waals surface area contributed by atoms with Gasteiger partial charge in [0.1, 0.15) is 0 Å². The van der Waals surface area contributed by atoms with Crippen LogP contribution in [0, 0.1) is 0 Å². The predicted molar refractivity (Wildman–Crippen MR) is 95.3 cm³/mol. The van der Waals surface area contributed by atoms with Crippen LogP contribution in [0.2, 0.25) is 0 Å². The van der Waals surface area contributed by atoms with Gasteiger partial charge in [0.2, 0.25) is 0 Å². The molecular formula is C13H24N5O4PS. The van der Waals surface area contributed by atoms with Gasteiger partial charge in [-0.15, -0.1) is 11.8 Å². The molecular weight excluding hydrogens is 353 g/mol. The lowest BCUT2D eigenvalue weighted by Crippen LogP contribution is -2.53. The number of nitrogens with two attached hydrogens (primary N) is 1. The molecule has 0 fully saturated rings. The summed E-state index contributed by atoms with van der Waals surface area (Å²) in [7, 11) is -2.99. The number of nitrogens with one attached hydrogen (secondary N) is 1. The number of fused-ring (bicyclic) bond motifs is 1. The zero-order valence-electron chi connectivity index (χ0n) is 13.9. The molecule has 1 amide bonds. The van der Waals surface area contributed by atoms with Gasteiger partial charge in [-0.3, -0.25) is 19.7 Å². The highest BCUT2D eigenvalue weighted by molar-refractivity contribution is 8.04. The van der Waals surface area contributed by atoms with E-state index in [-0.39, 0.29) is 18.0 Å². The molecule has 9 nitrogen and oxygen atoms in total. The number of hydrogen-bond acceptors (Lipinski definition) is 9. The van der Waals surface area contributed by atoms with Gasteiger partial charge in [-0.2, -0.15) is 0 Å². The molecule has 0 saturated carbocycles. The summed E-state index contributed by atoms with van der Waals surface area (Å²) in [5.74, 6) is 0.688. The van der Waals surface area contributed by atoms with Crippen molar-refractivity contribution in [1.82, 2.24) is 10.2 Å². The summed E-state index contributed by atoms with van der Waals surface area (Å²) in [5.41, 5.74) is 5.93. The molecule has 2 aliphatic heterocycles. The molecule has 2 atom stereocenters. The summed E-state index contributed by atoms with van der Waals surface area (Å²) in [6, 6.07) is -0.527. The van der Waals surface area contributed by atoms with Gasteiger partial charge in [-0.05, 0) is 26.0 Å². The molecule has 11 heteroatoms. The predicted octanol–water partition coefficient (Wildman–Crippen LogP) is 0.816. The molecule has 2 unspecified atom stereocenters. The van der Waals surface area contributed by atoms with Gasteiger partial charge in [0.25, 0.3) is 5.91 Å². The Hall–Kier alpha value is -1.09. The van der Waals surface area contributed by atoms with E-state index < -0.39 is 13.6 Å². The fraction of sp³-hybridized carbons (Fsp3) is 0.769. The lowest BCUT2D eigenvalue weighted by atomic mass is 10.2. The average molecular weight is 377 g/mol. The number of carbonyl (C=O) groups excluding carboxylic acids is 1. The average Bonchev–Trinajstić information content (AvgIpc) is 2.91. The maximum Gasteiger partial charge on any atom is 0.340 e. The van der Waals surface area contributed by atoms with Crippen LogP contribution in [0.3, 0.4) is 0 Å². The van der Waals surface area contributed by atoms with Crippen LogP contribution in [-0.2, 0) is 18.4 Å². The monoisotopic (exact) mass is 377 g/mol. The number of thioether (sulfide) groups is 1. The molecule has 0 aromatic rings. The van der Waals surface area contributed by atoms with Crippen molar-refractivity contribution in [3.05, 3.63) is 0 Å². The molecule has 0 bridgehead atoms. The molecule has 0 aromatic carbocycles. The standard InChI is InChI=1S/C13H24N5O4PS/c1-3-21-23(20,22-4-2)9-24-7-5-6-18-8-15-10-11(18)16-13(14)17-12(10)19/h8,10-11H,3-7,9H2,1-2H3,(H3,14,16,17,19). The van der Waals surface area contributed by atoms with E-state index in [1.807, 2.05) is 4.90 Å². The Morgan fingerprint density at radius 1 is 1.42 bits per heavy atom. The van der Waals surface area contributed by atoms with Crippen LogP contribution in [0.4, 0.5) is 0 Å². The lowest BCUT2D eigenvalue weighted by molar-refractivity contribution is -0.122. The second kappa shape index (κ2) is 8.84. The second-order valence-electron chi connectivity index (χ2n) is 5.20. The van der Waals surface area contributed by atoms with Crippen LogP contribution < -0.4 is 11.1 Å². The maximum absolute atomic E-state index is 12.3. The Morgan fingerprint density at radius 3 is 2.79 bits per heavy atom. The molecule has 2 aliphatic rings. The van der Waals surface area contributed by atoms with E-state index in [4.69, 9.17) is 14.8 Å². The first kappa shape index (κ1) is 19.2. The van der Waals surface area contributed by atoms with E-state index in [1.54, 1.807) is 20.2 Å². The first-order valence-corrected chi connectivity index (χ1v) is 10.8. The highest BCUT2D eigenvalue weighted by Crippen LogP contribution is 2.50. The van der Waals surface area contributed by atoms with Gasteiger partial charge in [0, 0.05) is 6.54 Å². The molecule has 0 spiro atoms. The fourth-order valence-electron chi connectivity index (χ4n) is 2.43. The Morgan fingerprint density at radius 2 is 2.12 bits per heavy atom. The highest BCUT2D eigenvalue weighted by atomic mass is 32.2. The van der Waals surface area contributed by atoms with Crippen LogP contribution in [0.1, 0.15) is 20.3 Å². The van der Waals surface area contributed by atoms with Gasteiger partial charge in [0.05, 0.1) is 25.0 Å². The third-order valence-corrected chi connectivity index (χ3v) is 7.27. The van der Waals surface area contributed by atoms with Crippen molar-refractivity contribution in [2.45, 2.75) is 32.5 Å². The zero-order chi connectivity index (χ0) is 17.6. The molecule has 0 aliphatic carbocycles. The van der Waals surface area contributed by atoms with Crippen LogP contribution in [0.25, 0.3) is 0 Å². The molecule has 2 heterocycles. The minimum absolute atomic E-state index is 0.125. The van der Waals surface area contributed by atoms with E-state index in [9.17, 15) is 9.36 Å². The normalized spacial score (nSPS) is 23.2. The lowest BCUT2D eigenvalue weighted by Gasteiger charge is -2.27. The topological polar surface area (TPSA) is 119 Å². The summed E-state index contributed by atoms with van der Waals surface area (Å²) >= 11 is 1.53. The number of carbonyl (C=O) groups is 1. The van der Waals surface area contributed by atoms with Crippen molar-refractivity contribution in [1.29, 1.82) is 0 Å². The summed E-state index contributed by atoms with van der Waals surface area (Å²) in [6.45, 7) is 5.02. The zero-order valence-corrected chi connectivity index (χ0v) is 15.6. The van der Waals surface area contributed by atoms with E-state index in [2.05, 4.69) is 15.3 Å².